The summed E-state index contributed by atoms with van der Waals surface area (Å²) in [5.41, 5.74) is 5.96. The Morgan fingerprint density at radius 3 is 2.18 bits per heavy atom. The Morgan fingerprint density at radius 1 is 1.18 bits per heavy atom. The van der Waals surface area contributed by atoms with E-state index in [1.165, 1.54) is 12.1 Å². The van der Waals surface area contributed by atoms with Gasteiger partial charge in [-0.15, -0.1) is 0 Å². The van der Waals surface area contributed by atoms with Crippen molar-refractivity contribution in [1.29, 1.82) is 0 Å². The SMILES string of the molecule is NC(=O)c1ccc(C(=O)NC2CC(O)C2)cc1. The molecule has 2 amide bonds. The molecule has 2 rings (SSSR count). The molecule has 1 aromatic rings. The largest absolute Gasteiger partial charge is 0.393 e. The van der Waals surface area contributed by atoms with Crippen LogP contribution in [0.5, 0.6) is 0 Å². The standard InChI is InChI=1S/C12H14N2O3/c13-11(16)7-1-3-8(4-2-7)12(17)14-9-5-10(15)6-9/h1-4,9-10,15H,5-6H2,(H2,13,16)(H,14,17). The highest BCUT2D eigenvalue weighted by atomic mass is 16.3. The highest BCUT2D eigenvalue weighted by Gasteiger charge is 2.28. The van der Waals surface area contributed by atoms with Crippen LogP contribution in [0.1, 0.15) is 33.6 Å². The predicted molar refractivity (Wildman–Crippen MR) is 61.5 cm³/mol. The lowest BCUT2D eigenvalue weighted by Gasteiger charge is -2.31. The van der Waals surface area contributed by atoms with Gasteiger partial charge in [-0.2, -0.15) is 0 Å². The summed E-state index contributed by atoms with van der Waals surface area (Å²) in [6, 6.07) is 6.21. The number of carbonyl (C=O) groups is 2. The number of aliphatic hydroxyl groups is 1. The molecular formula is C12H14N2O3. The molecule has 0 bridgehead atoms. The molecule has 1 fully saturated rings. The molecule has 1 aliphatic rings. The van der Waals surface area contributed by atoms with Crippen LogP contribution in [-0.2, 0) is 0 Å². The van der Waals surface area contributed by atoms with Crippen molar-refractivity contribution < 1.29 is 14.7 Å². The Morgan fingerprint density at radius 2 is 1.71 bits per heavy atom. The van der Waals surface area contributed by atoms with Gasteiger partial charge in [-0.25, -0.2) is 0 Å². The van der Waals surface area contributed by atoms with Gasteiger partial charge in [0.05, 0.1) is 6.10 Å². The van der Waals surface area contributed by atoms with E-state index in [2.05, 4.69) is 5.32 Å². The number of hydrogen-bond acceptors (Lipinski definition) is 3. The van der Waals surface area contributed by atoms with Crippen LogP contribution in [0, 0.1) is 0 Å². The molecule has 0 unspecified atom stereocenters. The van der Waals surface area contributed by atoms with Gasteiger partial charge in [0.15, 0.2) is 0 Å². The zero-order chi connectivity index (χ0) is 12.4. The smallest absolute Gasteiger partial charge is 0.251 e. The zero-order valence-electron chi connectivity index (χ0n) is 9.22. The summed E-state index contributed by atoms with van der Waals surface area (Å²) in [5, 5.41) is 11.9. The average molecular weight is 234 g/mol. The van der Waals surface area contributed by atoms with E-state index in [9.17, 15) is 9.59 Å². The minimum Gasteiger partial charge on any atom is -0.393 e. The number of rotatable bonds is 3. The van der Waals surface area contributed by atoms with Crippen molar-refractivity contribution in [3.8, 4) is 0 Å². The molecule has 0 aliphatic heterocycles. The highest BCUT2D eigenvalue weighted by molar-refractivity contribution is 5.97. The van der Waals surface area contributed by atoms with E-state index in [4.69, 9.17) is 10.8 Å². The third kappa shape index (κ3) is 2.62. The van der Waals surface area contributed by atoms with Gasteiger partial charge in [0.1, 0.15) is 0 Å². The first-order valence-corrected chi connectivity index (χ1v) is 5.45. The molecule has 1 saturated carbocycles. The Kier molecular flexibility index (Phi) is 3.10. The van der Waals surface area contributed by atoms with E-state index in [1.54, 1.807) is 12.1 Å². The van der Waals surface area contributed by atoms with E-state index in [-0.39, 0.29) is 18.1 Å². The monoisotopic (exact) mass is 234 g/mol. The summed E-state index contributed by atoms with van der Waals surface area (Å²) in [5.74, 6) is -0.711. The van der Waals surface area contributed by atoms with Crippen LogP contribution in [0.25, 0.3) is 0 Å². The van der Waals surface area contributed by atoms with Crippen molar-refractivity contribution in [2.45, 2.75) is 25.0 Å². The van der Waals surface area contributed by atoms with E-state index in [0.717, 1.165) is 0 Å². The van der Waals surface area contributed by atoms with Gasteiger partial charge in [0.25, 0.3) is 5.91 Å². The molecule has 0 aromatic heterocycles. The predicted octanol–water partition coefficient (Wildman–Crippen LogP) is 0.0386. The number of benzene rings is 1. The van der Waals surface area contributed by atoms with Crippen LogP contribution in [0.3, 0.4) is 0 Å². The summed E-state index contributed by atoms with van der Waals surface area (Å²) in [7, 11) is 0. The van der Waals surface area contributed by atoms with Crippen molar-refractivity contribution in [3.05, 3.63) is 35.4 Å². The molecule has 5 heteroatoms. The third-order valence-corrected chi connectivity index (χ3v) is 2.88. The Bertz CT molecular complexity index is 436. The molecule has 0 atom stereocenters. The van der Waals surface area contributed by atoms with Crippen molar-refractivity contribution in [2.24, 2.45) is 5.73 Å². The van der Waals surface area contributed by atoms with E-state index in [0.29, 0.717) is 24.0 Å². The van der Waals surface area contributed by atoms with Crippen molar-refractivity contribution in [3.63, 3.8) is 0 Å². The van der Waals surface area contributed by atoms with Crippen LogP contribution in [0.15, 0.2) is 24.3 Å². The molecule has 0 heterocycles. The second kappa shape index (κ2) is 4.55. The summed E-state index contributed by atoms with van der Waals surface area (Å²) < 4.78 is 0. The Balaban J connectivity index is 1.97. The molecule has 17 heavy (non-hydrogen) atoms. The lowest BCUT2D eigenvalue weighted by atomic mass is 9.89. The molecule has 1 aromatic carbocycles. The quantitative estimate of drug-likeness (QED) is 0.689. The molecule has 5 nitrogen and oxygen atoms in total. The maximum Gasteiger partial charge on any atom is 0.251 e. The minimum atomic E-state index is -0.515. The number of nitrogens with one attached hydrogen (secondary N) is 1. The van der Waals surface area contributed by atoms with Crippen LogP contribution < -0.4 is 11.1 Å². The Hall–Kier alpha value is -1.88. The number of amides is 2. The summed E-state index contributed by atoms with van der Waals surface area (Å²) >= 11 is 0. The van der Waals surface area contributed by atoms with Crippen molar-refractivity contribution >= 4 is 11.8 Å². The molecule has 0 spiro atoms. The van der Waals surface area contributed by atoms with Crippen molar-refractivity contribution in [1.82, 2.24) is 5.32 Å². The van der Waals surface area contributed by atoms with Gasteiger partial charge in [-0.3, -0.25) is 9.59 Å². The molecule has 0 saturated heterocycles. The van der Waals surface area contributed by atoms with Gasteiger partial charge < -0.3 is 16.2 Å². The topological polar surface area (TPSA) is 92.4 Å². The van der Waals surface area contributed by atoms with Crippen LogP contribution >= 0.6 is 0 Å². The average Bonchev–Trinajstić information content (AvgIpc) is 2.27. The fraction of sp³-hybridized carbons (Fsp3) is 0.333. The fourth-order valence-corrected chi connectivity index (χ4v) is 1.76. The van der Waals surface area contributed by atoms with Crippen LogP contribution in [0.2, 0.25) is 0 Å². The normalized spacial score (nSPS) is 22.6. The molecule has 90 valence electrons. The number of primary amides is 1. The van der Waals surface area contributed by atoms with E-state index in [1.807, 2.05) is 0 Å². The first kappa shape index (κ1) is 11.6. The first-order chi connectivity index (χ1) is 8.06. The lowest BCUT2D eigenvalue weighted by molar-refractivity contribution is 0.0562. The minimum absolute atomic E-state index is 0.0494. The first-order valence-electron chi connectivity index (χ1n) is 5.45. The maximum absolute atomic E-state index is 11.7. The number of hydrogen-bond donors (Lipinski definition) is 3. The van der Waals surface area contributed by atoms with Crippen LogP contribution in [-0.4, -0.2) is 29.1 Å². The van der Waals surface area contributed by atoms with E-state index < -0.39 is 5.91 Å². The van der Waals surface area contributed by atoms with Gasteiger partial charge in [-0.05, 0) is 37.1 Å². The van der Waals surface area contributed by atoms with Crippen LogP contribution in [0.4, 0.5) is 0 Å². The second-order valence-corrected chi connectivity index (χ2v) is 4.24. The summed E-state index contributed by atoms with van der Waals surface area (Å²) in [6.45, 7) is 0. The third-order valence-electron chi connectivity index (χ3n) is 2.88. The van der Waals surface area contributed by atoms with Crippen molar-refractivity contribution in [2.75, 3.05) is 0 Å². The highest BCUT2D eigenvalue weighted by Crippen LogP contribution is 2.19. The number of carbonyl (C=O) groups excluding carboxylic acids is 2. The molecule has 4 N–H and O–H groups in total. The van der Waals surface area contributed by atoms with Gasteiger partial charge in [-0.1, -0.05) is 0 Å². The zero-order valence-corrected chi connectivity index (χ0v) is 9.22. The number of nitrogens with two attached hydrogens (primary N) is 1. The molecule has 0 radical (unpaired) electrons. The second-order valence-electron chi connectivity index (χ2n) is 4.24. The lowest BCUT2D eigenvalue weighted by Crippen LogP contribution is -2.46. The molecule has 1 aliphatic carbocycles. The summed E-state index contributed by atoms with van der Waals surface area (Å²) in [6.07, 6.45) is 0.911. The van der Waals surface area contributed by atoms with Gasteiger partial charge >= 0.3 is 0 Å². The maximum atomic E-state index is 11.7. The van der Waals surface area contributed by atoms with Gasteiger partial charge in [0.2, 0.25) is 5.91 Å². The Labute approximate surface area is 98.6 Å². The van der Waals surface area contributed by atoms with Gasteiger partial charge in [0, 0.05) is 17.2 Å². The fourth-order valence-electron chi connectivity index (χ4n) is 1.76. The molecular weight excluding hydrogens is 220 g/mol. The number of aliphatic hydroxyl groups excluding tert-OH is 1. The summed E-state index contributed by atoms with van der Waals surface area (Å²) in [4.78, 5) is 22.6. The van der Waals surface area contributed by atoms with E-state index >= 15 is 0 Å².